The van der Waals surface area contributed by atoms with Gasteiger partial charge in [0, 0.05) is 10.8 Å². The van der Waals surface area contributed by atoms with Crippen LogP contribution in [-0.4, -0.2) is 22.9 Å². The molecule has 1 heterocycles. The summed E-state index contributed by atoms with van der Waals surface area (Å²) in [7, 11) is -4.38. The van der Waals surface area contributed by atoms with E-state index in [2.05, 4.69) is 9.97 Å². The molecule has 3 N–H and O–H groups in total. The van der Waals surface area contributed by atoms with Crippen LogP contribution in [0.1, 0.15) is 0 Å². The second-order valence-corrected chi connectivity index (χ2v) is 5.61. The number of hydrogen-bond acceptors (Lipinski definition) is 4. The van der Waals surface area contributed by atoms with Gasteiger partial charge in [0.25, 0.3) is 10.1 Å². The van der Waals surface area contributed by atoms with E-state index in [0.29, 0.717) is 16.4 Å². The molecule has 0 saturated heterocycles. The summed E-state index contributed by atoms with van der Waals surface area (Å²) in [6, 6.07) is 7.20. The summed E-state index contributed by atoms with van der Waals surface area (Å²) in [5.74, 6) is 0. The van der Waals surface area contributed by atoms with Crippen molar-refractivity contribution in [2.24, 2.45) is 0 Å². The molecule has 0 atom stereocenters. The Balaban J connectivity index is 2.60. The van der Waals surface area contributed by atoms with Crippen LogP contribution in [0.2, 0.25) is 0 Å². The van der Waals surface area contributed by atoms with Gasteiger partial charge in [-0.15, -0.1) is 0 Å². The van der Waals surface area contributed by atoms with Gasteiger partial charge in [0.05, 0.1) is 11.0 Å². The molecule has 0 fully saturated rings. The number of H-pyrrole nitrogens is 2. The molecule has 0 unspecified atom stereocenters. The lowest BCUT2D eigenvalue weighted by atomic mass is 10.1. The molecule has 2 aromatic carbocycles. The van der Waals surface area contributed by atoms with Crippen LogP contribution in [0.4, 0.5) is 0 Å². The number of aromatic amines is 2. The third-order valence-corrected chi connectivity index (χ3v) is 3.90. The Labute approximate surface area is 111 Å². The average molecular weight is 292 g/mol. The normalized spacial score (nSPS) is 12.1. The van der Waals surface area contributed by atoms with Gasteiger partial charge in [0.2, 0.25) is 0 Å². The smallest absolute Gasteiger partial charge is 0.314 e. The SMILES string of the molecule is O=c1[nH]c2ccc3c(S(=O)(=O)O)cccc3c2[nH]c1=O. The lowest BCUT2D eigenvalue weighted by Crippen LogP contribution is -2.28. The molecule has 0 aliphatic carbocycles. The fourth-order valence-electron chi connectivity index (χ4n) is 2.14. The van der Waals surface area contributed by atoms with Crippen molar-refractivity contribution < 1.29 is 13.0 Å². The monoisotopic (exact) mass is 292 g/mol. The minimum Gasteiger partial charge on any atom is -0.316 e. The van der Waals surface area contributed by atoms with Crippen LogP contribution in [0, 0.1) is 0 Å². The van der Waals surface area contributed by atoms with E-state index in [-0.39, 0.29) is 10.3 Å². The summed E-state index contributed by atoms with van der Waals surface area (Å²) in [5, 5.41) is 0.663. The summed E-state index contributed by atoms with van der Waals surface area (Å²) < 4.78 is 31.9. The van der Waals surface area contributed by atoms with Gasteiger partial charge in [-0.25, -0.2) is 0 Å². The average Bonchev–Trinajstić information content (AvgIpc) is 2.38. The van der Waals surface area contributed by atoms with Gasteiger partial charge in [-0.05, 0) is 12.1 Å². The van der Waals surface area contributed by atoms with Crippen molar-refractivity contribution in [3.05, 3.63) is 51.0 Å². The largest absolute Gasteiger partial charge is 0.316 e. The van der Waals surface area contributed by atoms with E-state index in [1.54, 1.807) is 6.07 Å². The third kappa shape index (κ3) is 1.82. The van der Waals surface area contributed by atoms with Crippen LogP contribution in [0.5, 0.6) is 0 Å². The topological polar surface area (TPSA) is 120 Å². The molecule has 0 aliphatic heterocycles. The van der Waals surface area contributed by atoms with Gasteiger partial charge in [-0.2, -0.15) is 8.42 Å². The first-order valence-electron chi connectivity index (χ1n) is 5.53. The van der Waals surface area contributed by atoms with Gasteiger partial charge >= 0.3 is 11.1 Å². The van der Waals surface area contributed by atoms with Gasteiger partial charge in [-0.3, -0.25) is 14.1 Å². The maximum Gasteiger partial charge on any atom is 0.314 e. The first-order chi connectivity index (χ1) is 9.38. The van der Waals surface area contributed by atoms with Crippen molar-refractivity contribution in [1.29, 1.82) is 0 Å². The van der Waals surface area contributed by atoms with Crippen LogP contribution >= 0.6 is 0 Å². The van der Waals surface area contributed by atoms with Gasteiger partial charge in [-0.1, -0.05) is 18.2 Å². The molecule has 0 bridgehead atoms. The molecule has 20 heavy (non-hydrogen) atoms. The van der Waals surface area contributed by atoms with Gasteiger partial charge < -0.3 is 9.97 Å². The highest BCUT2D eigenvalue weighted by molar-refractivity contribution is 7.86. The predicted molar refractivity (Wildman–Crippen MR) is 72.5 cm³/mol. The minimum absolute atomic E-state index is 0.255. The summed E-state index contributed by atoms with van der Waals surface area (Å²) in [6.45, 7) is 0. The predicted octanol–water partition coefficient (Wildman–Crippen LogP) is 0.616. The fraction of sp³-hybridized carbons (Fsp3) is 0. The van der Waals surface area contributed by atoms with Crippen molar-refractivity contribution >= 4 is 31.9 Å². The molecular formula is C12H8N2O5S. The van der Waals surface area contributed by atoms with E-state index in [1.807, 2.05) is 0 Å². The van der Waals surface area contributed by atoms with Crippen molar-refractivity contribution in [3.8, 4) is 0 Å². The Morgan fingerprint density at radius 2 is 1.60 bits per heavy atom. The van der Waals surface area contributed by atoms with E-state index in [1.165, 1.54) is 24.3 Å². The molecule has 7 nitrogen and oxygen atoms in total. The Morgan fingerprint density at radius 1 is 0.900 bits per heavy atom. The third-order valence-electron chi connectivity index (χ3n) is 2.99. The van der Waals surface area contributed by atoms with Crippen LogP contribution in [-0.2, 0) is 10.1 Å². The molecule has 0 radical (unpaired) electrons. The molecule has 8 heteroatoms. The quantitative estimate of drug-likeness (QED) is 0.345. The number of nitrogens with one attached hydrogen (secondary N) is 2. The standard InChI is InChI=1S/C12H8N2O5S/c15-11-12(16)14-10-7-2-1-3-9(20(17,18)19)6(7)4-5-8(10)13-11/h1-5H,(H,13,15)(H,14,16)(H,17,18,19). The molecule has 102 valence electrons. The Hall–Kier alpha value is -2.45. The summed E-state index contributed by atoms with van der Waals surface area (Å²) in [6.07, 6.45) is 0. The zero-order chi connectivity index (χ0) is 14.5. The highest BCUT2D eigenvalue weighted by Crippen LogP contribution is 2.26. The Bertz CT molecular complexity index is 1060. The summed E-state index contributed by atoms with van der Waals surface area (Å²) in [4.78, 5) is 27.2. The molecule has 1 aromatic heterocycles. The number of aromatic nitrogens is 2. The summed E-state index contributed by atoms with van der Waals surface area (Å²) in [5.41, 5.74) is -0.947. The van der Waals surface area contributed by atoms with E-state index in [4.69, 9.17) is 0 Å². The van der Waals surface area contributed by atoms with E-state index < -0.39 is 21.2 Å². The molecular weight excluding hydrogens is 284 g/mol. The molecule has 3 rings (SSSR count). The first-order valence-corrected chi connectivity index (χ1v) is 6.97. The van der Waals surface area contributed by atoms with Crippen molar-refractivity contribution in [2.75, 3.05) is 0 Å². The zero-order valence-electron chi connectivity index (χ0n) is 9.88. The first kappa shape index (κ1) is 12.6. The van der Waals surface area contributed by atoms with Crippen LogP contribution in [0.3, 0.4) is 0 Å². The highest BCUT2D eigenvalue weighted by Gasteiger charge is 2.15. The minimum atomic E-state index is -4.38. The van der Waals surface area contributed by atoms with Crippen molar-refractivity contribution in [3.63, 3.8) is 0 Å². The molecule has 0 amide bonds. The maximum absolute atomic E-state index is 11.4. The van der Waals surface area contributed by atoms with Gasteiger partial charge in [0.15, 0.2) is 0 Å². The molecule has 3 aromatic rings. The number of fused-ring (bicyclic) bond motifs is 3. The second-order valence-electron chi connectivity index (χ2n) is 4.22. The lowest BCUT2D eigenvalue weighted by molar-refractivity contribution is 0.484. The number of hydrogen-bond donors (Lipinski definition) is 3. The Kier molecular flexibility index (Phi) is 2.53. The van der Waals surface area contributed by atoms with Crippen LogP contribution < -0.4 is 11.1 Å². The second kappa shape index (κ2) is 4.02. The van der Waals surface area contributed by atoms with E-state index in [0.717, 1.165) is 0 Å². The lowest BCUT2D eigenvalue weighted by Gasteiger charge is -2.06. The molecule has 0 aliphatic rings. The van der Waals surface area contributed by atoms with Crippen LogP contribution in [0.25, 0.3) is 21.8 Å². The van der Waals surface area contributed by atoms with Gasteiger partial charge in [0.1, 0.15) is 4.90 Å². The summed E-state index contributed by atoms with van der Waals surface area (Å²) >= 11 is 0. The highest BCUT2D eigenvalue weighted by atomic mass is 32.2. The van der Waals surface area contributed by atoms with Crippen molar-refractivity contribution in [2.45, 2.75) is 4.90 Å². The Morgan fingerprint density at radius 3 is 2.30 bits per heavy atom. The molecule has 0 spiro atoms. The number of benzene rings is 2. The van der Waals surface area contributed by atoms with Crippen LogP contribution in [0.15, 0.2) is 44.8 Å². The van der Waals surface area contributed by atoms with E-state index >= 15 is 0 Å². The zero-order valence-corrected chi connectivity index (χ0v) is 10.7. The molecule has 0 saturated carbocycles. The fourth-order valence-corrected chi connectivity index (χ4v) is 2.85. The number of rotatable bonds is 1. The maximum atomic E-state index is 11.4. The van der Waals surface area contributed by atoms with Crippen molar-refractivity contribution in [1.82, 2.24) is 9.97 Å². The van der Waals surface area contributed by atoms with E-state index in [9.17, 15) is 22.6 Å².